The van der Waals surface area contributed by atoms with Gasteiger partial charge in [0.2, 0.25) is 9.84 Å². The van der Waals surface area contributed by atoms with Crippen LogP contribution in [-0.4, -0.2) is 42.1 Å². The Balaban J connectivity index is 1.48. The highest BCUT2D eigenvalue weighted by Crippen LogP contribution is 2.35. The van der Waals surface area contributed by atoms with Gasteiger partial charge in [-0.25, -0.2) is 13.4 Å². The van der Waals surface area contributed by atoms with E-state index in [0.29, 0.717) is 12.2 Å². The molecule has 0 spiro atoms. The number of carbonyl (C=O) groups excluding carboxylic acids is 2. The molecule has 5 rings (SSSR count). The number of carbonyl (C=O) groups is 2. The van der Waals surface area contributed by atoms with Crippen LogP contribution in [0.4, 0.5) is 0 Å². The average Bonchev–Trinajstić information content (AvgIpc) is 3.29. The molecule has 0 saturated heterocycles. The normalized spacial score (nSPS) is 14.9. The molecule has 0 fully saturated rings. The first kappa shape index (κ1) is 22.4. The van der Waals surface area contributed by atoms with Gasteiger partial charge >= 0.3 is 0 Å². The number of fused-ring (bicyclic) bond motifs is 3. The van der Waals surface area contributed by atoms with Gasteiger partial charge in [0.25, 0.3) is 5.91 Å². The van der Waals surface area contributed by atoms with Gasteiger partial charge in [0.15, 0.2) is 5.78 Å². The summed E-state index contributed by atoms with van der Waals surface area (Å²) in [6, 6.07) is 17.6. The molecule has 0 unspecified atom stereocenters. The van der Waals surface area contributed by atoms with Crippen LogP contribution in [0.25, 0.3) is 11.0 Å². The molecule has 1 atom stereocenters. The van der Waals surface area contributed by atoms with E-state index in [0.717, 1.165) is 16.8 Å². The third-order valence-corrected chi connectivity index (χ3v) is 8.35. The Morgan fingerprint density at radius 3 is 2.56 bits per heavy atom. The maximum Gasteiger partial charge on any atom is 0.251 e. The van der Waals surface area contributed by atoms with Crippen molar-refractivity contribution in [3.63, 3.8) is 0 Å². The van der Waals surface area contributed by atoms with E-state index in [9.17, 15) is 18.0 Å². The number of aromatic nitrogens is 2. The van der Waals surface area contributed by atoms with E-state index in [1.165, 1.54) is 30.3 Å². The largest absolute Gasteiger partial charge is 0.342 e. The minimum absolute atomic E-state index is 0.0369. The summed E-state index contributed by atoms with van der Waals surface area (Å²) in [6.07, 6.45) is 2.63. The lowest BCUT2D eigenvalue weighted by molar-refractivity contribution is 0.0932. The van der Waals surface area contributed by atoms with Gasteiger partial charge in [-0.1, -0.05) is 24.3 Å². The van der Waals surface area contributed by atoms with Crippen LogP contribution in [0.2, 0.25) is 0 Å². The molecule has 4 aromatic rings. The fourth-order valence-electron chi connectivity index (χ4n) is 4.12. The van der Waals surface area contributed by atoms with Crippen molar-refractivity contribution >= 4 is 44.3 Å². The molecule has 0 saturated carbocycles. The predicted molar refractivity (Wildman–Crippen MR) is 131 cm³/mol. The molecule has 1 aliphatic heterocycles. The van der Waals surface area contributed by atoms with Crippen molar-refractivity contribution in [2.24, 2.45) is 0 Å². The number of hydrogen-bond donors (Lipinski definition) is 2. The second-order valence-electron chi connectivity index (χ2n) is 7.99. The van der Waals surface area contributed by atoms with E-state index in [4.69, 9.17) is 0 Å². The summed E-state index contributed by atoms with van der Waals surface area (Å²) in [5.74, 6) is 0.632. The molecule has 2 heterocycles. The van der Waals surface area contributed by atoms with Gasteiger partial charge in [-0.3, -0.25) is 9.59 Å². The number of H-pyrrole nitrogens is 1. The van der Waals surface area contributed by atoms with Crippen LogP contribution >= 0.6 is 11.8 Å². The summed E-state index contributed by atoms with van der Waals surface area (Å²) < 4.78 is 26.4. The molecule has 9 heteroatoms. The Kier molecular flexibility index (Phi) is 5.75. The van der Waals surface area contributed by atoms with E-state index < -0.39 is 15.7 Å². The van der Waals surface area contributed by atoms with Crippen molar-refractivity contribution < 1.29 is 18.0 Å². The topological polar surface area (TPSA) is 109 Å². The first-order valence-electron chi connectivity index (χ1n) is 10.7. The van der Waals surface area contributed by atoms with Crippen molar-refractivity contribution in [2.45, 2.75) is 22.3 Å². The number of thioether (sulfide) groups is 1. The van der Waals surface area contributed by atoms with Gasteiger partial charge < -0.3 is 10.3 Å². The highest BCUT2D eigenvalue weighted by atomic mass is 32.2. The fourth-order valence-corrected chi connectivity index (χ4v) is 6.27. The SMILES string of the molecule is CSCC[C@@H](NC(=O)c1ccc2c(c1)S(=O)(=O)c1ccccc1C2=O)c1nc2ccccc2[nH]1. The second kappa shape index (κ2) is 8.73. The Morgan fingerprint density at radius 2 is 1.76 bits per heavy atom. The van der Waals surface area contributed by atoms with Crippen LogP contribution in [0.15, 0.2) is 76.5 Å². The van der Waals surface area contributed by atoms with Gasteiger partial charge in [0.1, 0.15) is 5.82 Å². The molecule has 0 radical (unpaired) electrons. The van der Waals surface area contributed by atoms with E-state index in [1.54, 1.807) is 23.9 Å². The Hall–Kier alpha value is -3.43. The zero-order chi connectivity index (χ0) is 23.9. The number of benzene rings is 3. The fraction of sp³-hybridized carbons (Fsp3) is 0.160. The molecule has 1 aliphatic rings. The summed E-state index contributed by atoms with van der Waals surface area (Å²) in [6.45, 7) is 0. The maximum atomic E-state index is 13.2. The van der Waals surface area contributed by atoms with Crippen molar-refractivity contribution in [3.05, 3.63) is 89.2 Å². The second-order valence-corrected chi connectivity index (χ2v) is 10.9. The lowest BCUT2D eigenvalue weighted by Gasteiger charge is -2.20. The number of ketones is 1. The van der Waals surface area contributed by atoms with Crippen LogP contribution in [-0.2, 0) is 9.84 Å². The summed E-state index contributed by atoms with van der Waals surface area (Å²) in [7, 11) is -3.93. The van der Waals surface area contributed by atoms with Crippen LogP contribution in [0.1, 0.15) is 44.6 Å². The zero-order valence-electron chi connectivity index (χ0n) is 18.2. The van der Waals surface area contributed by atoms with Crippen LogP contribution in [0, 0.1) is 0 Å². The molecular formula is C25H21N3O4S2. The Labute approximate surface area is 200 Å². The number of aromatic amines is 1. The maximum absolute atomic E-state index is 13.2. The minimum atomic E-state index is -3.93. The summed E-state index contributed by atoms with van der Waals surface area (Å²) in [5.41, 5.74) is 2.07. The van der Waals surface area contributed by atoms with Crippen molar-refractivity contribution in [2.75, 3.05) is 12.0 Å². The van der Waals surface area contributed by atoms with Crippen LogP contribution < -0.4 is 5.32 Å². The standard InChI is InChI=1S/C25H21N3O4S2/c1-33-13-12-20(24-26-18-7-3-4-8-19(18)27-24)28-25(30)15-10-11-17-22(14-15)34(31,32)21-9-5-2-6-16(21)23(17)29/h2-11,14,20H,12-13H2,1H3,(H,26,27)(H,28,30)/t20-/m1/s1. The first-order chi connectivity index (χ1) is 16.4. The molecule has 0 aliphatic carbocycles. The molecule has 7 nitrogen and oxygen atoms in total. The lowest BCUT2D eigenvalue weighted by Crippen LogP contribution is -2.30. The number of rotatable bonds is 6. The van der Waals surface area contributed by atoms with Crippen molar-refractivity contribution in [3.8, 4) is 0 Å². The molecular weight excluding hydrogens is 470 g/mol. The zero-order valence-corrected chi connectivity index (χ0v) is 19.9. The van der Waals surface area contributed by atoms with Crippen molar-refractivity contribution in [1.82, 2.24) is 15.3 Å². The molecule has 3 aromatic carbocycles. The Morgan fingerprint density at radius 1 is 1.03 bits per heavy atom. The summed E-state index contributed by atoms with van der Waals surface area (Å²) >= 11 is 1.66. The Bertz CT molecular complexity index is 1510. The predicted octanol–water partition coefficient (Wildman–Crippen LogP) is 4.16. The highest BCUT2D eigenvalue weighted by molar-refractivity contribution is 7.98. The van der Waals surface area contributed by atoms with Crippen LogP contribution in [0.5, 0.6) is 0 Å². The van der Waals surface area contributed by atoms with Gasteiger partial charge in [-0.15, -0.1) is 0 Å². The number of sulfone groups is 1. The molecule has 172 valence electrons. The quantitative estimate of drug-likeness (QED) is 0.369. The summed E-state index contributed by atoms with van der Waals surface area (Å²) in [4.78, 5) is 33.8. The van der Waals surface area contributed by atoms with E-state index in [-0.39, 0.29) is 38.3 Å². The molecule has 2 N–H and O–H groups in total. The number of hydrogen-bond acceptors (Lipinski definition) is 6. The molecule has 1 aromatic heterocycles. The number of nitrogens with zero attached hydrogens (tertiary/aromatic N) is 1. The third kappa shape index (κ3) is 3.80. The third-order valence-electron chi connectivity index (χ3n) is 5.85. The molecule has 34 heavy (non-hydrogen) atoms. The molecule has 0 bridgehead atoms. The number of amides is 1. The summed E-state index contributed by atoms with van der Waals surface area (Å²) in [5, 5.41) is 2.98. The lowest BCUT2D eigenvalue weighted by atomic mass is 10.0. The van der Waals surface area contributed by atoms with Crippen molar-refractivity contribution in [1.29, 1.82) is 0 Å². The number of imidazole rings is 1. The van der Waals surface area contributed by atoms with E-state index >= 15 is 0 Å². The number of para-hydroxylation sites is 2. The van der Waals surface area contributed by atoms with Gasteiger partial charge in [0.05, 0.1) is 26.9 Å². The highest BCUT2D eigenvalue weighted by Gasteiger charge is 2.35. The van der Waals surface area contributed by atoms with Gasteiger partial charge in [-0.2, -0.15) is 11.8 Å². The smallest absolute Gasteiger partial charge is 0.251 e. The first-order valence-corrected chi connectivity index (χ1v) is 13.5. The average molecular weight is 492 g/mol. The minimum Gasteiger partial charge on any atom is -0.342 e. The van der Waals surface area contributed by atoms with Gasteiger partial charge in [-0.05, 0) is 60.9 Å². The van der Waals surface area contributed by atoms with E-state index in [2.05, 4.69) is 15.3 Å². The van der Waals surface area contributed by atoms with Gasteiger partial charge in [0, 0.05) is 16.7 Å². The van der Waals surface area contributed by atoms with E-state index in [1.807, 2.05) is 30.5 Å². The monoisotopic (exact) mass is 491 g/mol. The number of nitrogens with one attached hydrogen (secondary N) is 2. The molecule has 1 amide bonds. The van der Waals surface area contributed by atoms with Crippen LogP contribution in [0.3, 0.4) is 0 Å².